The van der Waals surface area contributed by atoms with E-state index in [0.29, 0.717) is 12.8 Å². The SMILES string of the molecule is O=C(O)C1Cc2ccccc2N1C(=O)CC1CCCN1. The van der Waals surface area contributed by atoms with Crippen LogP contribution in [0.1, 0.15) is 24.8 Å². The second kappa shape index (κ2) is 5.25. The lowest BCUT2D eigenvalue weighted by molar-refractivity contribution is -0.139. The Morgan fingerprint density at radius 1 is 1.35 bits per heavy atom. The van der Waals surface area contributed by atoms with Gasteiger partial charge in [-0.2, -0.15) is 0 Å². The molecule has 2 heterocycles. The minimum Gasteiger partial charge on any atom is -0.480 e. The number of para-hydroxylation sites is 1. The number of carbonyl (C=O) groups is 2. The van der Waals surface area contributed by atoms with Gasteiger partial charge in [-0.25, -0.2) is 4.79 Å². The van der Waals surface area contributed by atoms with E-state index >= 15 is 0 Å². The second-order valence-corrected chi connectivity index (χ2v) is 5.45. The topological polar surface area (TPSA) is 69.6 Å². The molecule has 0 aromatic heterocycles. The Kier molecular flexibility index (Phi) is 3.44. The van der Waals surface area contributed by atoms with Crippen LogP contribution in [0.4, 0.5) is 5.69 Å². The summed E-state index contributed by atoms with van der Waals surface area (Å²) in [6, 6.07) is 6.87. The molecule has 2 aliphatic heterocycles. The van der Waals surface area contributed by atoms with Gasteiger partial charge < -0.3 is 10.4 Å². The summed E-state index contributed by atoms with van der Waals surface area (Å²) in [5.74, 6) is -1.03. The van der Waals surface area contributed by atoms with Gasteiger partial charge in [0.05, 0.1) is 0 Å². The molecule has 20 heavy (non-hydrogen) atoms. The maximum absolute atomic E-state index is 12.5. The monoisotopic (exact) mass is 274 g/mol. The number of fused-ring (bicyclic) bond motifs is 1. The Morgan fingerprint density at radius 3 is 2.85 bits per heavy atom. The zero-order valence-corrected chi connectivity index (χ0v) is 11.2. The number of nitrogens with zero attached hydrogens (tertiary/aromatic N) is 1. The van der Waals surface area contributed by atoms with E-state index < -0.39 is 12.0 Å². The maximum atomic E-state index is 12.5. The molecule has 2 N–H and O–H groups in total. The molecule has 3 rings (SSSR count). The van der Waals surface area contributed by atoms with Crippen LogP contribution in [0.2, 0.25) is 0 Å². The fraction of sp³-hybridized carbons (Fsp3) is 0.467. The summed E-state index contributed by atoms with van der Waals surface area (Å²) in [7, 11) is 0. The zero-order valence-electron chi connectivity index (χ0n) is 11.2. The van der Waals surface area contributed by atoms with Gasteiger partial charge in [-0.15, -0.1) is 0 Å². The van der Waals surface area contributed by atoms with Crippen LogP contribution in [-0.4, -0.2) is 35.6 Å². The molecule has 5 heteroatoms. The number of benzene rings is 1. The number of carboxylic acids is 1. The van der Waals surface area contributed by atoms with Crippen molar-refractivity contribution in [3.05, 3.63) is 29.8 Å². The lowest BCUT2D eigenvalue weighted by atomic mass is 10.1. The van der Waals surface area contributed by atoms with Gasteiger partial charge in [0.25, 0.3) is 0 Å². The van der Waals surface area contributed by atoms with Crippen molar-refractivity contribution in [1.29, 1.82) is 0 Å². The molecule has 1 aromatic rings. The van der Waals surface area contributed by atoms with Gasteiger partial charge in [-0.05, 0) is 31.0 Å². The molecule has 106 valence electrons. The first kappa shape index (κ1) is 13.1. The van der Waals surface area contributed by atoms with Crippen LogP contribution in [0.15, 0.2) is 24.3 Å². The zero-order chi connectivity index (χ0) is 14.1. The quantitative estimate of drug-likeness (QED) is 0.868. The molecule has 0 radical (unpaired) electrons. The minimum atomic E-state index is -0.936. The summed E-state index contributed by atoms with van der Waals surface area (Å²) in [5.41, 5.74) is 1.69. The van der Waals surface area contributed by atoms with Gasteiger partial charge in [0.15, 0.2) is 0 Å². The third-order valence-corrected chi connectivity index (χ3v) is 4.11. The van der Waals surface area contributed by atoms with Crippen molar-refractivity contribution in [2.24, 2.45) is 0 Å². The lowest BCUT2D eigenvalue weighted by Gasteiger charge is -2.24. The standard InChI is InChI=1S/C15H18N2O3/c18-14(9-11-5-3-7-16-11)17-12-6-2-1-4-10(12)8-13(17)15(19)20/h1-2,4,6,11,13,16H,3,5,7-9H2,(H,19,20). The van der Waals surface area contributed by atoms with Crippen LogP contribution in [-0.2, 0) is 16.0 Å². The van der Waals surface area contributed by atoms with Crippen molar-refractivity contribution < 1.29 is 14.7 Å². The number of hydrogen-bond acceptors (Lipinski definition) is 3. The maximum Gasteiger partial charge on any atom is 0.327 e. The van der Waals surface area contributed by atoms with Crippen LogP contribution in [0.25, 0.3) is 0 Å². The van der Waals surface area contributed by atoms with Crippen LogP contribution < -0.4 is 10.2 Å². The lowest BCUT2D eigenvalue weighted by Crippen LogP contribution is -2.44. The molecular weight excluding hydrogens is 256 g/mol. The van der Waals surface area contributed by atoms with Crippen LogP contribution >= 0.6 is 0 Å². The highest BCUT2D eigenvalue weighted by molar-refractivity contribution is 6.02. The van der Waals surface area contributed by atoms with Crippen molar-refractivity contribution in [2.45, 2.75) is 37.8 Å². The van der Waals surface area contributed by atoms with E-state index in [1.165, 1.54) is 4.90 Å². The number of anilines is 1. The van der Waals surface area contributed by atoms with Gasteiger partial charge in [0.1, 0.15) is 6.04 Å². The first-order valence-corrected chi connectivity index (χ1v) is 7.03. The average Bonchev–Trinajstić information content (AvgIpc) is 3.04. The summed E-state index contributed by atoms with van der Waals surface area (Å²) >= 11 is 0. The number of nitrogens with one attached hydrogen (secondary N) is 1. The highest BCUT2D eigenvalue weighted by Crippen LogP contribution is 2.33. The van der Waals surface area contributed by atoms with Crippen molar-refractivity contribution in [3.63, 3.8) is 0 Å². The molecule has 0 spiro atoms. The fourth-order valence-corrected chi connectivity index (χ4v) is 3.13. The molecule has 1 amide bonds. The highest BCUT2D eigenvalue weighted by atomic mass is 16.4. The molecular formula is C15H18N2O3. The first-order valence-electron chi connectivity index (χ1n) is 7.03. The van der Waals surface area contributed by atoms with Gasteiger partial charge in [-0.1, -0.05) is 18.2 Å². The van der Waals surface area contributed by atoms with E-state index in [0.717, 1.165) is 30.6 Å². The number of rotatable bonds is 3. The molecule has 2 atom stereocenters. The Bertz CT molecular complexity index is 538. The summed E-state index contributed by atoms with van der Waals surface area (Å²) in [6.45, 7) is 0.941. The third-order valence-electron chi connectivity index (χ3n) is 4.11. The molecule has 0 saturated carbocycles. The van der Waals surface area contributed by atoms with Crippen LogP contribution in [0.5, 0.6) is 0 Å². The van der Waals surface area contributed by atoms with E-state index in [2.05, 4.69) is 5.32 Å². The van der Waals surface area contributed by atoms with E-state index in [4.69, 9.17) is 0 Å². The number of hydrogen-bond donors (Lipinski definition) is 2. The van der Waals surface area contributed by atoms with E-state index in [-0.39, 0.29) is 11.9 Å². The Labute approximate surface area is 117 Å². The molecule has 1 saturated heterocycles. The van der Waals surface area contributed by atoms with Crippen molar-refractivity contribution in [1.82, 2.24) is 5.32 Å². The van der Waals surface area contributed by atoms with Gasteiger partial charge in [0, 0.05) is 24.6 Å². The van der Waals surface area contributed by atoms with Crippen molar-refractivity contribution in [2.75, 3.05) is 11.4 Å². The van der Waals surface area contributed by atoms with Gasteiger partial charge >= 0.3 is 5.97 Å². The number of carboxylic acid groups (broad SMARTS) is 1. The molecule has 0 bridgehead atoms. The molecule has 5 nitrogen and oxygen atoms in total. The average molecular weight is 274 g/mol. The normalized spacial score (nSPS) is 24.7. The summed E-state index contributed by atoms with van der Waals surface area (Å²) in [5, 5.41) is 12.6. The third kappa shape index (κ3) is 2.29. The molecule has 2 unspecified atom stereocenters. The highest BCUT2D eigenvalue weighted by Gasteiger charge is 2.38. The van der Waals surface area contributed by atoms with E-state index in [1.807, 2.05) is 24.3 Å². The fourth-order valence-electron chi connectivity index (χ4n) is 3.13. The summed E-state index contributed by atoms with van der Waals surface area (Å²) < 4.78 is 0. The Morgan fingerprint density at radius 2 is 2.15 bits per heavy atom. The summed E-state index contributed by atoms with van der Waals surface area (Å²) in [6.07, 6.45) is 2.84. The minimum absolute atomic E-state index is 0.0956. The molecule has 1 aromatic carbocycles. The summed E-state index contributed by atoms with van der Waals surface area (Å²) in [4.78, 5) is 25.4. The van der Waals surface area contributed by atoms with E-state index in [1.54, 1.807) is 0 Å². The number of aliphatic carboxylic acids is 1. The Balaban J connectivity index is 1.84. The van der Waals surface area contributed by atoms with Gasteiger partial charge in [-0.3, -0.25) is 9.69 Å². The number of carbonyl (C=O) groups excluding carboxylic acids is 1. The van der Waals surface area contributed by atoms with Crippen LogP contribution in [0, 0.1) is 0 Å². The molecule has 1 fully saturated rings. The predicted octanol–water partition coefficient (Wildman–Crippen LogP) is 1.17. The van der Waals surface area contributed by atoms with Gasteiger partial charge in [0.2, 0.25) is 5.91 Å². The predicted molar refractivity (Wildman–Crippen MR) is 74.7 cm³/mol. The number of amides is 1. The Hall–Kier alpha value is -1.88. The van der Waals surface area contributed by atoms with Crippen molar-refractivity contribution in [3.8, 4) is 0 Å². The van der Waals surface area contributed by atoms with E-state index in [9.17, 15) is 14.7 Å². The first-order chi connectivity index (χ1) is 9.66. The molecule has 0 aliphatic carbocycles. The molecule has 2 aliphatic rings. The largest absolute Gasteiger partial charge is 0.480 e. The smallest absolute Gasteiger partial charge is 0.327 e. The van der Waals surface area contributed by atoms with Crippen LogP contribution in [0.3, 0.4) is 0 Å². The second-order valence-electron chi connectivity index (χ2n) is 5.45. The van der Waals surface area contributed by atoms with Crippen molar-refractivity contribution >= 4 is 17.6 Å².